The minimum Gasteiger partial charge on any atom is -0.508 e. The number of hydrogen-bond acceptors (Lipinski definition) is 6. The number of phenols is 1. The predicted octanol–water partition coefficient (Wildman–Crippen LogP) is 3.66. The number of piperazine rings is 1. The van der Waals surface area contributed by atoms with Gasteiger partial charge in [-0.15, -0.1) is 6.58 Å². The van der Waals surface area contributed by atoms with Crippen LogP contribution in [0, 0.1) is 0 Å². The second kappa shape index (κ2) is 15.4. The van der Waals surface area contributed by atoms with E-state index in [0.717, 1.165) is 29.5 Å². The van der Waals surface area contributed by atoms with Crippen LogP contribution in [-0.2, 0) is 29.1 Å². The second-order valence-electron chi connectivity index (χ2n) is 11.8. The number of amides is 5. The molecular weight excluding hydrogens is 596 g/mol. The number of hydrazine groups is 1. The topological polar surface area (TPSA) is 126 Å². The molecule has 11 nitrogen and oxygen atoms in total. The van der Waals surface area contributed by atoms with Crippen LogP contribution >= 0.6 is 0 Å². The van der Waals surface area contributed by atoms with Crippen LogP contribution < -0.4 is 10.6 Å². The Hall–Kier alpha value is -5.16. The minimum absolute atomic E-state index is 0.0655. The number of urea groups is 1. The lowest BCUT2D eigenvalue weighted by atomic mass is 9.98. The van der Waals surface area contributed by atoms with Crippen LogP contribution in [0.15, 0.2) is 91.5 Å². The molecule has 5 rings (SSSR count). The molecular formula is C36H42N6O5. The molecule has 246 valence electrons. The summed E-state index contributed by atoms with van der Waals surface area (Å²) in [6.45, 7) is 7.15. The summed E-state index contributed by atoms with van der Waals surface area (Å²) in [6, 6.07) is 21.9. The Morgan fingerprint density at radius 1 is 0.957 bits per heavy atom. The molecule has 2 aliphatic heterocycles. The zero-order chi connectivity index (χ0) is 33.3. The standard InChI is InChI=1S/C36H42N6O5/c1-3-5-18-37-34(45)29-13-9-12-28(20-29)23-39-24-32-41(31(35(39)46)21-26-14-16-30(43)17-15-26)33(44)25-40(19-4-2)42(32)36(47)38-22-27-10-7-6-8-11-27/h4,6-17,20,31-32,43H,2-3,5,18-19,21-25H2,1H3,(H,37,45)(H,38,47)/t31-,32-/m0/s1. The Kier molecular flexibility index (Phi) is 10.9. The summed E-state index contributed by atoms with van der Waals surface area (Å²) in [5, 5.41) is 19.0. The fourth-order valence-electron chi connectivity index (χ4n) is 6.07. The van der Waals surface area contributed by atoms with E-state index in [4.69, 9.17) is 0 Å². The Labute approximate surface area is 275 Å². The first kappa shape index (κ1) is 33.2. The predicted molar refractivity (Wildman–Crippen MR) is 178 cm³/mol. The summed E-state index contributed by atoms with van der Waals surface area (Å²) in [5.41, 5.74) is 2.93. The van der Waals surface area contributed by atoms with Crippen LogP contribution in [0.1, 0.15) is 46.8 Å². The lowest BCUT2D eigenvalue weighted by molar-refractivity contribution is -0.189. The minimum atomic E-state index is -0.901. The van der Waals surface area contributed by atoms with Crippen LogP contribution in [0.3, 0.4) is 0 Å². The van der Waals surface area contributed by atoms with Crippen molar-refractivity contribution in [2.24, 2.45) is 0 Å². The van der Waals surface area contributed by atoms with Crippen molar-refractivity contribution >= 4 is 23.8 Å². The van der Waals surface area contributed by atoms with Crippen LogP contribution in [-0.4, -0.2) is 87.1 Å². The number of unbranched alkanes of at least 4 members (excludes halogenated alkanes) is 1. The third kappa shape index (κ3) is 7.98. The van der Waals surface area contributed by atoms with Gasteiger partial charge in [-0.2, -0.15) is 0 Å². The molecule has 0 spiro atoms. The largest absolute Gasteiger partial charge is 0.508 e. The van der Waals surface area contributed by atoms with E-state index in [1.807, 2.05) is 36.4 Å². The maximum Gasteiger partial charge on any atom is 0.334 e. The van der Waals surface area contributed by atoms with Crippen LogP contribution in [0.4, 0.5) is 4.79 Å². The molecule has 47 heavy (non-hydrogen) atoms. The van der Waals surface area contributed by atoms with Crippen LogP contribution in [0.25, 0.3) is 0 Å². The van der Waals surface area contributed by atoms with E-state index >= 15 is 0 Å². The van der Waals surface area contributed by atoms with Gasteiger partial charge in [0, 0.05) is 38.2 Å². The molecule has 0 aliphatic carbocycles. The highest BCUT2D eigenvalue weighted by molar-refractivity contribution is 5.94. The van der Waals surface area contributed by atoms with Gasteiger partial charge in [0.05, 0.1) is 13.1 Å². The number of nitrogens with one attached hydrogen (secondary N) is 2. The molecule has 0 bridgehead atoms. The molecule has 0 radical (unpaired) electrons. The first-order valence-corrected chi connectivity index (χ1v) is 16.0. The van der Waals surface area contributed by atoms with Crippen molar-refractivity contribution < 1.29 is 24.3 Å². The fourth-order valence-corrected chi connectivity index (χ4v) is 6.07. The van der Waals surface area contributed by atoms with E-state index in [0.29, 0.717) is 12.1 Å². The molecule has 2 atom stereocenters. The fraction of sp³-hybridized carbons (Fsp3) is 0.333. The van der Waals surface area contributed by atoms with E-state index in [1.54, 1.807) is 58.4 Å². The molecule has 2 saturated heterocycles. The average molecular weight is 639 g/mol. The van der Waals surface area contributed by atoms with Crippen LogP contribution in [0.5, 0.6) is 5.75 Å². The number of rotatable bonds is 12. The molecule has 0 aromatic heterocycles. The van der Waals surface area contributed by atoms with Gasteiger partial charge >= 0.3 is 6.03 Å². The second-order valence-corrected chi connectivity index (χ2v) is 11.8. The van der Waals surface area contributed by atoms with E-state index in [9.17, 15) is 24.3 Å². The molecule has 2 heterocycles. The summed E-state index contributed by atoms with van der Waals surface area (Å²) in [7, 11) is 0. The Morgan fingerprint density at radius 3 is 2.43 bits per heavy atom. The molecule has 2 aliphatic rings. The highest BCUT2D eigenvalue weighted by atomic mass is 16.3. The number of fused-ring (bicyclic) bond motifs is 1. The maximum atomic E-state index is 14.2. The summed E-state index contributed by atoms with van der Waals surface area (Å²) in [6.07, 6.45) is 2.88. The Balaban J connectivity index is 1.46. The quantitative estimate of drug-likeness (QED) is 0.206. The van der Waals surface area contributed by atoms with Crippen molar-refractivity contribution in [3.63, 3.8) is 0 Å². The molecule has 11 heteroatoms. The van der Waals surface area contributed by atoms with Gasteiger partial charge in [-0.05, 0) is 47.4 Å². The Bertz CT molecular complexity index is 1580. The summed E-state index contributed by atoms with van der Waals surface area (Å²) in [4.78, 5) is 57.9. The van der Waals surface area contributed by atoms with E-state index in [-0.39, 0.29) is 62.6 Å². The number of phenolic OH excluding ortho intramolecular Hbond substituents is 1. The number of benzene rings is 3. The van der Waals surface area contributed by atoms with Crippen molar-refractivity contribution in [3.05, 3.63) is 114 Å². The highest BCUT2D eigenvalue weighted by Crippen LogP contribution is 2.30. The summed E-state index contributed by atoms with van der Waals surface area (Å²) >= 11 is 0. The molecule has 2 fully saturated rings. The van der Waals surface area contributed by atoms with Gasteiger partial charge in [0.2, 0.25) is 11.8 Å². The highest BCUT2D eigenvalue weighted by Gasteiger charge is 2.51. The first-order chi connectivity index (χ1) is 22.8. The van der Waals surface area contributed by atoms with E-state index in [1.165, 1.54) is 9.91 Å². The van der Waals surface area contributed by atoms with Gasteiger partial charge in [-0.25, -0.2) is 14.8 Å². The molecule has 5 amide bonds. The third-order valence-electron chi connectivity index (χ3n) is 8.41. The first-order valence-electron chi connectivity index (χ1n) is 16.0. The van der Waals surface area contributed by atoms with Crippen LogP contribution in [0.2, 0.25) is 0 Å². The number of hydrogen-bond donors (Lipinski definition) is 3. The summed E-state index contributed by atoms with van der Waals surface area (Å²) < 4.78 is 0. The van der Waals surface area contributed by atoms with Crippen molar-refractivity contribution in [1.82, 2.24) is 30.5 Å². The van der Waals surface area contributed by atoms with Gasteiger partial charge in [-0.1, -0.05) is 74.0 Å². The van der Waals surface area contributed by atoms with Gasteiger partial charge < -0.3 is 25.5 Å². The normalized spacial score (nSPS) is 18.1. The summed E-state index contributed by atoms with van der Waals surface area (Å²) in [5.74, 6) is -0.619. The third-order valence-corrected chi connectivity index (χ3v) is 8.41. The zero-order valence-electron chi connectivity index (χ0n) is 26.7. The lowest BCUT2D eigenvalue weighted by Crippen LogP contribution is -2.76. The number of nitrogens with zero attached hydrogens (tertiary/aromatic N) is 4. The SMILES string of the molecule is C=CCN1CC(=O)N2[C@@H](Cc3ccc(O)cc3)C(=O)N(Cc3cccc(C(=O)NCCCC)c3)C[C@@H]2N1C(=O)NCc1ccccc1. The Morgan fingerprint density at radius 2 is 1.70 bits per heavy atom. The van der Waals surface area contributed by atoms with Crippen molar-refractivity contribution in [1.29, 1.82) is 0 Å². The lowest BCUT2D eigenvalue weighted by Gasteiger charge is -2.55. The molecule has 3 N–H and O–H groups in total. The monoisotopic (exact) mass is 638 g/mol. The van der Waals surface area contributed by atoms with Crippen molar-refractivity contribution in [2.75, 3.05) is 26.2 Å². The maximum absolute atomic E-state index is 14.2. The van der Waals surface area contributed by atoms with Gasteiger partial charge in [0.15, 0.2) is 0 Å². The zero-order valence-corrected chi connectivity index (χ0v) is 26.7. The average Bonchev–Trinajstić information content (AvgIpc) is 3.07. The molecule has 3 aromatic rings. The van der Waals surface area contributed by atoms with Crippen molar-refractivity contribution in [2.45, 2.75) is 51.5 Å². The van der Waals surface area contributed by atoms with Gasteiger partial charge in [0.1, 0.15) is 18.0 Å². The van der Waals surface area contributed by atoms with Gasteiger partial charge in [0.25, 0.3) is 5.91 Å². The molecule has 3 aromatic carbocycles. The number of aromatic hydroxyl groups is 1. The van der Waals surface area contributed by atoms with Gasteiger partial charge in [-0.3, -0.25) is 14.4 Å². The smallest absolute Gasteiger partial charge is 0.334 e. The van der Waals surface area contributed by atoms with Crippen molar-refractivity contribution in [3.8, 4) is 5.75 Å². The van der Waals surface area contributed by atoms with E-state index in [2.05, 4.69) is 24.1 Å². The van der Waals surface area contributed by atoms with E-state index < -0.39 is 18.2 Å². The number of carbonyl (C=O) groups is 4. The number of carbonyl (C=O) groups excluding carboxylic acids is 4. The molecule has 0 saturated carbocycles. The molecule has 0 unspecified atom stereocenters.